The highest BCUT2D eigenvalue weighted by Gasteiger charge is 2.17. The summed E-state index contributed by atoms with van der Waals surface area (Å²) in [6.07, 6.45) is 5.19. The molecule has 0 saturated heterocycles. The van der Waals surface area contributed by atoms with Crippen LogP contribution in [0.3, 0.4) is 0 Å². The highest BCUT2D eigenvalue weighted by molar-refractivity contribution is 5.76. The molecule has 134 valence electrons. The van der Waals surface area contributed by atoms with Crippen molar-refractivity contribution in [2.75, 3.05) is 13.7 Å². The van der Waals surface area contributed by atoms with E-state index in [2.05, 4.69) is 22.0 Å². The first-order valence-corrected chi connectivity index (χ1v) is 8.83. The van der Waals surface area contributed by atoms with Gasteiger partial charge in [0.15, 0.2) is 0 Å². The fourth-order valence-electron chi connectivity index (χ4n) is 3.04. The number of amides is 1. The van der Waals surface area contributed by atoms with Gasteiger partial charge in [0.25, 0.3) is 0 Å². The number of benzene rings is 2. The Morgan fingerprint density at radius 1 is 1.04 bits per heavy atom. The third kappa shape index (κ3) is 4.76. The van der Waals surface area contributed by atoms with Crippen molar-refractivity contribution in [2.24, 2.45) is 0 Å². The van der Waals surface area contributed by atoms with Crippen LogP contribution in [0.25, 0.3) is 0 Å². The van der Waals surface area contributed by atoms with E-state index in [4.69, 9.17) is 4.74 Å². The summed E-state index contributed by atoms with van der Waals surface area (Å²) < 4.78 is 7.39. The Hall–Kier alpha value is -3.01. The van der Waals surface area contributed by atoms with Crippen LogP contribution in [0, 0.1) is 0 Å². The average molecular weight is 348 g/mol. The lowest BCUT2D eigenvalue weighted by molar-refractivity contribution is -0.121. The lowest BCUT2D eigenvalue weighted by Crippen LogP contribution is -2.28. The molecule has 1 N–H and O–H groups in total. The van der Waals surface area contributed by atoms with Gasteiger partial charge in [-0.05, 0) is 41.8 Å². The molecule has 4 heteroatoms. The summed E-state index contributed by atoms with van der Waals surface area (Å²) in [5.41, 5.74) is 2.28. The normalized spacial score (nSPS) is 11.7. The van der Waals surface area contributed by atoms with Crippen molar-refractivity contribution in [2.45, 2.75) is 18.9 Å². The van der Waals surface area contributed by atoms with E-state index in [-0.39, 0.29) is 11.9 Å². The standard InChI is InChI=1S/C22H24N2O2/c1-26-20-11-7-10-19(16-20)21(24-14-5-6-15-24)17-22(25)23-13-12-18-8-3-2-4-9-18/h2-11,14-16,21H,12-13,17H2,1H3,(H,23,25). The summed E-state index contributed by atoms with van der Waals surface area (Å²) in [5.74, 6) is 0.839. The van der Waals surface area contributed by atoms with Crippen LogP contribution in [0.15, 0.2) is 79.1 Å². The van der Waals surface area contributed by atoms with Crippen molar-refractivity contribution in [3.05, 3.63) is 90.3 Å². The minimum Gasteiger partial charge on any atom is -0.497 e. The molecule has 1 atom stereocenters. The van der Waals surface area contributed by atoms with Crippen molar-refractivity contribution in [3.8, 4) is 5.75 Å². The van der Waals surface area contributed by atoms with Gasteiger partial charge in [-0.3, -0.25) is 4.79 Å². The molecular weight excluding hydrogens is 324 g/mol. The maximum atomic E-state index is 12.5. The topological polar surface area (TPSA) is 43.3 Å². The van der Waals surface area contributed by atoms with E-state index in [0.717, 1.165) is 17.7 Å². The smallest absolute Gasteiger partial charge is 0.222 e. The van der Waals surface area contributed by atoms with Crippen molar-refractivity contribution in [1.29, 1.82) is 0 Å². The third-order valence-electron chi connectivity index (χ3n) is 4.42. The molecule has 0 fully saturated rings. The van der Waals surface area contributed by atoms with Gasteiger partial charge >= 0.3 is 0 Å². The zero-order valence-corrected chi connectivity index (χ0v) is 15.0. The Morgan fingerprint density at radius 3 is 2.54 bits per heavy atom. The number of hydrogen-bond acceptors (Lipinski definition) is 2. The predicted molar refractivity (Wildman–Crippen MR) is 103 cm³/mol. The van der Waals surface area contributed by atoms with Gasteiger partial charge in [-0.15, -0.1) is 0 Å². The zero-order chi connectivity index (χ0) is 18.2. The number of rotatable bonds is 8. The van der Waals surface area contributed by atoms with E-state index < -0.39 is 0 Å². The van der Waals surface area contributed by atoms with E-state index in [0.29, 0.717) is 13.0 Å². The van der Waals surface area contributed by atoms with Crippen LogP contribution in [0.5, 0.6) is 5.75 Å². The summed E-state index contributed by atoms with van der Waals surface area (Å²) in [6.45, 7) is 0.638. The number of aromatic nitrogens is 1. The van der Waals surface area contributed by atoms with Gasteiger partial charge in [0.1, 0.15) is 5.75 Å². The molecule has 3 rings (SSSR count). The maximum Gasteiger partial charge on any atom is 0.222 e. The van der Waals surface area contributed by atoms with E-state index in [9.17, 15) is 4.79 Å². The second kappa shape index (κ2) is 8.90. The van der Waals surface area contributed by atoms with Gasteiger partial charge in [0.2, 0.25) is 5.91 Å². The SMILES string of the molecule is COc1cccc(C(CC(=O)NCCc2ccccc2)n2cccc2)c1. The molecule has 0 aliphatic rings. The first kappa shape index (κ1) is 17.8. The Labute approximate surface area is 154 Å². The first-order chi connectivity index (χ1) is 12.8. The monoisotopic (exact) mass is 348 g/mol. The number of nitrogens with one attached hydrogen (secondary N) is 1. The molecule has 1 heterocycles. The highest BCUT2D eigenvalue weighted by atomic mass is 16.5. The van der Waals surface area contributed by atoms with Crippen LogP contribution >= 0.6 is 0 Å². The zero-order valence-electron chi connectivity index (χ0n) is 15.0. The Kier molecular flexibility index (Phi) is 6.09. The maximum absolute atomic E-state index is 12.5. The summed E-state index contributed by atoms with van der Waals surface area (Å²) in [4.78, 5) is 12.5. The molecule has 0 aliphatic heterocycles. The summed E-state index contributed by atoms with van der Waals surface area (Å²) in [6, 6.07) is 22.0. The van der Waals surface area contributed by atoms with Crippen LogP contribution < -0.4 is 10.1 Å². The van der Waals surface area contributed by atoms with Crippen molar-refractivity contribution < 1.29 is 9.53 Å². The molecule has 0 spiro atoms. The predicted octanol–water partition coefficient (Wildman–Crippen LogP) is 3.84. The van der Waals surface area contributed by atoms with Crippen LogP contribution in [0.1, 0.15) is 23.6 Å². The number of hydrogen-bond donors (Lipinski definition) is 1. The summed E-state index contributed by atoms with van der Waals surface area (Å²) >= 11 is 0. The number of methoxy groups -OCH3 is 1. The largest absolute Gasteiger partial charge is 0.497 e. The molecule has 0 bridgehead atoms. The van der Waals surface area contributed by atoms with E-state index in [1.54, 1.807) is 7.11 Å². The number of ether oxygens (including phenoxy) is 1. The quantitative estimate of drug-likeness (QED) is 0.672. The summed E-state index contributed by atoms with van der Waals surface area (Å²) in [5, 5.41) is 3.04. The van der Waals surface area contributed by atoms with Crippen LogP contribution in [0.2, 0.25) is 0 Å². The molecule has 3 aromatic rings. The molecule has 1 amide bonds. The average Bonchev–Trinajstić information content (AvgIpc) is 3.21. The molecule has 0 saturated carbocycles. The Bertz CT molecular complexity index is 813. The lowest BCUT2D eigenvalue weighted by atomic mass is 10.0. The minimum atomic E-state index is -0.0585. The fraction of sp³-hybridized carbons (Fsp3) is 0.227. The van der Waals surface area contributed by atoms with Gasteiger partial charge in [-0.2, -0.15) is 0 Å². The van der Waals surface area contributed by atoms with Crippen LogP contribution in [-0.4, -0.2) is 24.1 Å². The van der Waals surface area contributed by atoms with Crippen molar-refractivity contribution in [1.82, 2.24) is 9.88 Å². The second-order valence-corrected chi connectivity index (χ2v) is 6.21. The number of nitrogens with zero attached hydrogens (tertiary/aromatic N) is 1. The molecular formula is C22H24N2O2. The van der Waals surface area contributed by atoms with Gasteiger partial charge in [0, 0.05) is 18.9 Å². The Morgan fingerprint density at radius 2 is 1.81 bits per heavy atom. The van der Waals surface area contributed by atoms with E-state index in [1.807, 2.05) is 67.0 Å². The molecule has 26 heavy (non-hydrogen) atoms. The lowest BCUT2D eigenvalue weighted by Gasteiger charge is -2.20. The molecule has 1 aromatic heterocycles. The molecule has 1 unspecified atom stereocenters. The number of carbonyl (C=O) groups excluding carboxylic acids is 1. The molecule has 2 aromatic carbocycles. The number of carbonyl (C=O) groups is 1. The van der Waals surface area contributed by atoms with Gasteiger partial charge in [-0.1, -0.05) is 42.5 Å². The van der Waals surface area contributed by atoms with Crippen LogP contribution in [-0.2, 0) is 11.2 Å². The van der Waals surface area contributed by atoms with Gasteiger partial charge in [-0.25, -0.2) is 0 Å². The molecule has 0 radical (unpaired) electrons. The second-order valence-electron chi connectivity index (χ2n) is 6.21. The fourth-order valence-corrected chi connectivity index (χ4v) is 3.04. The summed E-state index contributed by atoms with van der Waals surface area (Å²) in [7, 11) is 1.65. The van der Waals surface area contributed by atoms with E-state index in [1.165, 1.54) is 5.56 Å². The van der Waals surface area contributed by atoms with E-state index >= 15 is 0 Å². The van der Waals surface area contributed by atoms with Gasteiger partial charge < -0.3 is 14.6 Å². The Balaban J connectivity index is 1.65. The van der Waals surface area contributed by atoms with Crippen molar-refractivity contribution >= 4 is 5.91 Å². The molecule has 4 nitrogen and oxygen atoms in total. The van der Waals surface area contributed by atoms with Crippen molar-refractivity contribution in [3.63, 3.8) is 0 Å². The molecule has 0 aliphatic carbocycles. The van der Waals surface area contributed by atoms with Crippen LogP contribution in [0.4, 0.5) is 0 Å². The minimum absolute atomic E-state index is 0.0439. The highest BCUT2D eigenvalue weighted by Crippen LogP contribution is 2.25. The van der Waals surface area contributed by atoms with Gasteiger partial charge in [0.05, 0.1) is 19.6 Å². The third-order valence-corrected chi connectivity index (χ3v) is 4.42. The first-order valence-electron chi connectivity index (χ1n) is 8.83.